The van der Waals surface area contributed by atoms with Gasteiger partial charge < -0.3 is 0 Å². The number of aryl methyl sites for hydroxylation is 2. The molecule has 4 heteroatoms. The molecule has 0 radical (unpaired) electrons. The zero-order valence-electron chi connectivity index (χ0n) is 11.1. The molecule has 2 rings (SSSR count). The summed E-state index contributed by atoms with van der Waals surface area (Å²) >= 11 is 0. The summed E-state index contributed by atoms with van der Waals surface area (Å²) in [5.74, 6) is 0. The SMILES string of the molecule is Cc1cc(C)cc(C2=CCN(S(C)(=O)=O)CC2)c1. The molecule has 0 aromatic heterocycles. The zero-order chi connectivity index (χ0) is 13.3. The highest BCUT2D eigenvalue weighted by Crippen LogP contribution is 2.25. The zero-order valence-corrected chi connectivity index (χ0v) is 11.9. The van der Waals surface area contributed by atoms with Gasteiger partial charge in [0.25, 0.3) is 0 Å². The van der Waals surface area contributed by atoms with Gasteiger partial charge >= 0.3 is 0 Å². The molecule has 1 aliphatic heterocycles. The molecule has 0 N–H and O–H groups in total. The minimum atomic E-state index is -3.06. The van der Waals surface area contributed by atoms with Crippen LogP contribution < -0.4 is 0 Å². The summed E-state index contributed by atoms with van der Waals surface area (Å²) in [6.45, 7) is 5.24. The maximum absolute atomic E-state index is 11.4. The number of nitrogens with zero attached hydrogens (tertiary/aromatic N) is 1. The molecule has 1 heterocycles. The topological polar surface area (TPSA) is 37.4 Å². The van der Waals surface area contributed by atoms with E-state index in [4.69, 9.17) is 0 Å². The van der Waals surface area contributed by atoms with Crippen molar-refractivity contribution in [3.05, 3.63) is 41.0 Å². The first-order valence-electron chi connectivity index (χ1n) is 6.09. The van der Waals surface area contributed by atoms with Gasteiger partial charge in [0.2, 0.25) is 10.0 Å². The van der Waals surface area contributed by atoms with Crippen LogP contribution in [-0.4, -0.2) is 32.1 Å². The monoisotopic (exact) mass is 265 g/mol. The fraction of sp³-hybridized carbons (Fsp3) is 0.429. The van der Waals surface area contributed by atoms with E-state index >= 15 is 0 Å². The van der Waals surface area contributed by atoms with E-state index in [1.165, 1.54) is 32.8 Å². The highest BCUT2D eigenvalue weighted by Gasteiger charge is 2.20. The van der Waals surface area contributed by atoms with Gasteiger partial charge in [0, 0.05) is 13.1 Å². The summed E-state index contributed by atoms with van der Waals surface area (Å²) in [4.78, 5) is 0. The molecule has 0 atom stereocenters. The van der Waals surface area contributed by atoms with E-state index in [2.05, 4.69) is 32.0 Å². The molecule has 0 fully saturated rings. The van der Waals surface area contributed by atoms with Crippen LogP contribution >= 0.6 is 0 Å². The molecular formula is C14H19NO2S. The van der Waals surface area contributed by atoms with Crippen LogP contribution in [0.5, 0.6) is 0 Å². The van der Waals surface area contributed by atoms with Gasteiger partial charge in [-0.1, -0.05) is 35.4 Å². The molecule has 0 unspecified atom stereocenters. The first-order chi connectivity index (χ1) is 8.36. The average molecular weight is 265 g/mol. The lowest BCUT2D eigenvalue weighted by Gasteiger charge is -2.24. The third kappa shape index (κ3) is 3.00. The molecule has 98 valence electrons. The summed E-state index contributed by atoms with van der Waals surface area (Å²) in [5, 5.41) is 0. The van der Waals surface area contributed by atoms with Crippen LogP contribution in [0.4, 0.5) is 0 Å². The van der Waals surface area contributed by atoms with E-state index in [-0.39, 0.29) is 0 Å². The van der Waals surface area contributed by atoms with Crippen LogP contribution in [0.15, 0.2) is 24.3 Å². The van der Waals surface area contributed by atoms with E-state index in [1.807, 2.05) is 6.08 Å². The van der Waals surface area contributed by atoms with Gasteiger partial charge in [-0.3, -0.25) is 0 Å². The van der Waals surface area contributed by atoms with Crippen molar-refractivity contribution in [1.82, 2.24) is 4.31 Å². The van der Waals surface area contributed by atoms with Gasteiger partial charge in [0.1, 0.15) is 0 Å². The van der Waals surface area contributed by atoms with Gasteiger partial charge in [-0.05, 0) is 31.4 Å². The molecular weight excluding hydrogens is 246 g/mol. The summed E-state index contributed by atoms with van der Waals surface area (Å²) in [6.07, 6.45) is 4.08. The normalized spacial score (nSPS) is 17.6. The van der Waals surface area contributed by atoms with Crippen molar-refractivity contribution in [1.29, 1.82) is 0 Å². The van der Waals surface area contributed by atoms with E-state index in [9.17, 15) is 8.42 Å². The van der Waals surface area contributed by atoms with Crippen molar-refractivity contribution in [2.24, 2.45) is 0 Å². The van der Waals surface area contributed by atoms with Gasteiger partial charge in [0.15, 0.2) is 0 Å². The number of benzene rings is 1. The fourth-order valence-corrected chi connectivity index (χ4v) is 3.14. The van der Waals surface area contributed by atoms with E-state index < -0.39 is 10.0 Å². The van der Waals surface area contributed by atoms with Crippen LogP contribution in [0.2, 0.25) is 0 Å². The summed E-state index contributed by atoms with van der Waals surface area (Å²) in [7, 11) is -3.06. The number of rotatable bonds is 2. The predicted octanol–water partition coefficient (Wildman–Crippen LogP) is 2.35. The molecule has 0 saturated heterocycles. The van der Waals surface area contributed by atoms with Crippen LogP contribution in [0, 0.1) is 13.8 Å². The first-order valence-corrected chi connectivity index (χ1v) is 7.94. The number of hydrogen-bond acceptors (Lipinski definition) is 2. The minimum absolute atomic E-state index is 0.487. The average Bonchev–Trinajstić information content (AvgIpc) is 2.27. The molecule has 1 aliphatic rings. The molecule has 18 heavy (non-hydrogen) atoms. The van der Waals surface area contributed by atoms with Crippen LogP contribution in [0.25, 0.3) is 5.57 Å². The fourth-order valence-electron chi connectivity index (χ4n) is 2.37. The second-order valence-corrected chi connectivity index (χ2v) is 6.96. The maximum atomic E-state index is 11.4. The number of sulfonamides is 1. The molecule has 1 aromatic carbocycles. The van der Waals surface area contributed by atoms with Gasteiger partial charge in [-0.15, -0.1) is 0 Å². The van der Waals surface area contributed by atoms with Gasteiger partial charge in [0.05, 0.1) is 6.26 Å². The molecule has 0 saturated carbocycles. The summed E-state index contributed by atoms with van der Waals surface area (Å²) in [6, 6.07) is 6.47. The van der Waals surface area contributed by atoms with E-state index in [0.717, 1.165) is 6.42 Å². The maximum Gasteiger partial charge on any atom is 0.211 e. The molecule has 1 aromatic rings. The molecule has 0 aliphatic carbocycles. The molecule has 0 spiro atoms. The minimum Gasteiger partial charge on any atom is -0.212 e. The Balaban J connectivity index is 2.24. The predicted molar refractivity (Wildman–Crippen MR) is 74.9 cm³/mol. The van der Waals surface area contributed by atoms with Crippen molar-refractivity contribution in [3.63, 3.8) is 0 Å². The summed E-state index contributed by atoms with van der Waals surface area (Å²) < 4.78 is 24.4. The van der Waals surface area contributed by atoms with Gasteiger partial charge in [-0.25, -0.2) is 8.42 Å². The Morgan fingerprint density at radius 3 is 2.17 bits per heavy atom. The highest BCUT2D eigenvalue weighted by atomic mass is 32.2. The van der Waals surface area contributed by atoms with Crippen molar-refractivity contribution in [2.75, 3.05) is 19.3 Å². The van der Waals surface area contributed by atoms with E-state index in [0.29, 0.717) is 13.1 Å². The lowest BCUT2D eigenvalue weighted by atomic mass is 9.97. The Morgan fingerprint density at radius 1 is 1.11 bits per heavy atom. The second-order valence-electron chi connectivity index (χ2n) is 4.98. The lowest BCUT2D eigenvalue weighted by molar-refractivity contribution is 0.446. The smallest absolute Gasteiger partial charge is 0.211 e. The number of hydrogen-bond donors (Lipinski definition) is 0. The first kappa shape index (κ1) is 13.3. The quantitative estimate of drug-likeness (QED) is 0.823. The van der Waals surface area contributed by atoms with E-state index in [1.54, 1.807) is 0 Å². The second kappa shape index (κ2) is 4.86. The Kier molecular flexibility index (Phi) is 3.59. The Labute approximate surface area is 109 Å². The Bertz CT molecular complexity index is 568. The Hall–Kier alpha value is -1.13. The van der Waals surface area contributed by atoms with Crippen molar-refractivity contribution >= 4 is 15.6 Å². The standard InChI is InChI=1S/C14H19NO2S/c1-11-8-12(2)10-14(9-11)13-4-6-15(7-5-13)18(3,16)17/h4,8-10H,5-7H2,1-3H3. The molecule has 0 amide bonds. The highest BCUT2D eigenvalue weighted by molar-refractivity contribution is 7.88. The van der Waals surface area contributed by atoms with Gasteiger partial charge in [-0.2, -0.15) is 4.31 Å². The molecule has 3 nitrogen and oxygen atoms in total. The van der Waals surface area contributed by atoms with Crippen molar-refractivity contribution < 1.29 is 8.42 Å². The van der Waals surface area contributed by atoms with Crippen molar-refractivity contribution in [2.45, 2.75) is 20.3 Å². The Morgan fingerprint density at radius 2 is 1.72 bits per heavy atom. The summed E-state index contributed by atoms with van der Waals surface area (Å²) in [5.41, 5.74) is 4.97. The lowest BCUT2D eigenvalue weighted by Crippen LogP contribution is -2.33. The van der Waals surface area contributed by atoms with Crippen molar-refractivity contribution in [3.8, 4) is 0 Å². The molecule has 0 bridgehead atoms. The van der Waals surface area contributed by atoms with Crippen LogP contribution in [0.1, 0.15) is 23.1 Å². The van der Waals surface area contributed by atoms with Crippen LogP contribution in [0.3, 0.4) is 0 Å². The third-order valence-electron chi connectivity index (χ3n) is 3.23. The third-order valence-corrected chi connectivity index (χ3v) is 4.50. The largest absolute Gasteiger partial charge is 0.212 e. The van der Waals surface area contributed by atoms with Crippen LogP contribution in [-0.2, 0) is 10.0 Å².